The Morgan fingerprint density at radius 2 is 0.955 bits per heavy atom. The van der Waals surface area contributed by atoms with E-state index in [1.807, 2.05) is 36.7 Å². The van der Waals surface area contributed by atoms with E-state index in [2.05, 4.69) is 33.1 Å². The number of hydrogen-bond acceptors (Lipinski definition) is 6. The molecule has 224 valence electrons. The molecule has 0 bridgehead atoms. The highest BCUT2D eigenvalue weighted by Crippen LogP contribution is 2.40. The zero-order valence-corrected chi connectivity index (χ0v) is 24.8. The van der Waals surface area contributed by atoms with Gasteiger partial charge < -0.3 is 0 Å². The fraction of sp³-hybridized carbons (Fsp3) is 0.125. The summed E-state index contributed by atoms with van der Waals surface area (Å²) in [5, 5.41) is 5.92. The molecule has 7 rings (SSSR count). The van der Waals surface area contributed by atoms with Gasteiger partial charge in [0.25, 0.3) is 0 Å². The van der Waals surface area contributed by atoms with Crippen molar-refractivity contribution in [1.29, 1.82) is 0 Å². The minimum absolute atomic E-state index is 0.185. The number of rotatable bonds is 2. The smallest absolute Gasteiger partial charge is 0.245 e. The highest BCUT2D eigenvalue weighted by molar-refractivity contribution is 7.25. The van der Waals surface area contributed by atoms with Crippen LogP contribution in [0.1, 0.15) is 36.4 Å². The molecule has 0 fully saturated rings. The van der Waals surface area contributed by atoms with Crippen molar-refractivity contribution in [1.82, 2.24) is 19.9 Å². The number of fused-ring (bicyclic) bond motifs is 8. The maximum atomic E-state index is 13.0. The molecule has 0 N–H and O–H groups in total. The molecule has 4 heterocycles. The summed E-state index contributed by atoms with van der Waals surface area (Å²) < 4.78 is 78.8. The molecule has 0 aliphatic heterocycles. The zero-order chi connectivity index (χ0) is 31.8. The molecular weight excluding hydrogens is 619 g/mol. The van der Waals surface area contributed by atoms with Crippen LogP contribution in [-0.2, 0) is 12.4 Å². The third-order valence-electron chi connectivity index (χ3n) is 6.47. The van der Waals surface area contributed by atoms with Crippen LogP contribution in [0.5, 0.6) is 0 Å². The van der Waals surface area contributed by atoms with Crippen LogP contribution < -0.4 is 0 Å². The van der Waals surface area contributed by atoms with E-state index in [-0.39, 0.29) is 11.0 Å². The van der Waals surface area contributed by atoms with Crippen LogP contribution in [0.25, 0.3) is 65.4 Å². The van der Waals surface area contributed by atoms with E-state index in [0.29, 0.717) is 27.9 Å². The average Bonchev–Trinajstić information content (AvgIpc) is 3.70. The zero-order valence-electron chi connectivity index (χ0n) is 23.2. The van der Waals surface area contributed by atoms with Crippen molar-refractivity contribution in [3.05, 3.63) is 95.0 Å². The number of benzene rings is 3. The van der Waals surface area contributed by atoms with Gasteiger partial charge in [-0.1, -0.05) is 27.0 Å². The van der Waals surface area contributed by atoms with Gasteiger partial charge in [0.05, 0.1) is 65.0 Å². The van der Waals surface area contributed by atoms with Gasteiger partial charge in [-0.3, -0.25) is 0 Å². The molecular formula is C32H22F6N4S2. The quantitative estimate of drug-likeness (QED) is 0.139. The van der Waals surface area contributed by atoms with E-state index in [0.717, 1.165) is 50.0 Å². The second kappa shape index (κ2) is 11.9. The first-order valence-electron chi connectivity index (χ1n) is 13.2. The summed E-state index contributed by atoms with van der Waals surface area (Å²) >= 11 is 3.25. The molecule has 0 saturated carbocycles. The third-order valence-corrected chi connectivity index (χ3v) is 8.47. The first kappa shape index (κ1) is 31.0. The van der Waals surface area contributed by atoms with Gasteiger partial charge in [0.2, 0.25) is 0 Å². The van der Waals surface area contributed by atoms with Crippen molar-refractivity contribution in [3.63, 3.8) is 0 Å². The van der Waals surface area contributed by atoms with Crippen molar-refractivity contribution in [2.75, 3.05) is 0 Å². The second-order valence-corrected chi connectivity index (χ2v) is 10.9. The van der Waals surface area contributed by atoms with Gasteiger partial charge in [-0.2, -0.15) is 26.3 Å². The van der Waals surface area contributed by atoms with Crippen LogP contribution in [0.15, 0.2) is 72.4 Å². The molecule has 0 aliphatic carbocycles. The topological polar surface area (TPSA) is 51.6 Å². The van der Waals surface area contributed by atoms with E-state index in [1.165, 1.54) is 24.3 Å². The van der Waals surface area contributed by atoms with Crippen molar-refractivity contribution in [3.8, 4) is 0 Å². The van der Waals surface area contributed by atoms with E-state index in [1.54, 1.807) is 22.7 Å². The Morgan fingerprint density at radius 3 is 1.39 bits per heavy atom. The van der Waals surface area contributed by atoms with Crippen LogP contribution in [0.4, 0.5) is 26.3 Å². The molecule has 44 heavy (non-hydrogen) atoms. The Bertz CT molecular complexity index is 2180. The lowest BCUT2D eigenvalue weighted by molar-refractivity contribution is -0.138. The Morgan fingerprint density at radius 1 is 0.568 bits per heavy atom. The SMILES string of the molecule is C=Cc1nc2ccc(C(F)(F)F)cc2nc1C=C.CC.FC(F)(F)c1ccc2nc3c4ccsc4c4sccc4c3nc2c1. The Labute approximate surface area is 255 Å². The van der Waals surface area contributed by atoms with Crippen molar-refractivity contribution >= 4 is 88.1 Å². The van der Waals surface area contributed by atoms with Crippen molar-refractivity contribution in [2.45, 2.75) is 26.2 Å². The summed E-state index contributed by atoms with van der Waals surface area (Å²) in [6.45, 7) is 11.1. The number of nitrogens with zero attached hydrogens (tertiary/aromatic N) is 4. The molecule has 12 heteroatoms. The molecule has 7 aromatic rings. The summed E-state index contributed by atoms with van der Waals surface area (Å²) in [6.07, 6.45) is -5.86. The van der Waals surface area contributed by atoms with Crippen molar-refractivity contribution < 1.29 is 26.3 Å². The lowest BCUT2D eigenvalue weighted by Crippen LogP contribution is -2.05. The molecule has 0 spiro atoms. The highest BCUT2D eigenvalue weighted by Gasteiger charge is 2.31. The van der Waals surface area contributed by atoms with E-state index in [9.17, 15) is 26.3 Å². The fourth-order valence-electron chi connectivity index (χ4n) is 4.51. The molecule has 3 aromatic carbocycles. The second-order valence-electron chi connectivity index (χ2n) is 9.05. The lowest BCUT2D eigenvalue weighted by Gasteiger charge is -2.08. The normalized spacial score (nSPS) is 11.8. The first-order chi connectivity index (χ1) is 21.0. The van der Waals surface area contributed by atoms with E-state index in [4.69, 9.17) is 0 Å². The Balaban J connectivity index is 0.000000172. The van der Waals surface area contributed by atoms with Gasteiger partial charge in [0, 0.05) is 10.8 Å². The molecule has 4 aromatic heterocycles. The minimum Gasteiger partial charge on any atom is -0.245 e. The number of aromatic nitrogens is 4. The van der Waals surface area contributed by atoms with E-state index >= 15 is 0 Å². The summed E-state index contributed by atoms with van der Waals surface area (Å²) in [5.41, 5.74) is 2.17. The number of thiophene rings is 2. The summed E-state index contributed by atoms with van der Waals surface area (Å²) in [6, 6.07) is 10.7. The maximum Gasteiger partial charge on any atom is 0.416 e. The number of alkyl halides is 6. The monoisotopic (exact) mass is 640 g/mol. The third kappa shape index (κ3) is 5.74. The Kier molecular flexibility index (Phi) is 8.41. The summed E-state index contributed by atoms with van der Waals surface area (Å²) in [7, 11) is 0. The predicted octanol–water partition coefficient (Wildman–Crippen LogP) is 11.2. The number of hydrogen-bond donors (Lipinski definition) is 0. The van der Waals surface area contributed by atoms with Crippen LogP contribution >= 0.6 is 22.7 Å². The Hall–Kier alpha value is -4.42. The lowest BCUT2D eigenvalue weighted by atomic mass is 10.1. The molecule has 0 atom stereocenters. The molecule has 0 saturated heterocycles. The van der Waals surface area contributed by atoms with Gasteiger partial charge in [-0.15, -0.1) is 22.7 Å². The van der Waals surface area contributed by atoms with Crippen molar-refractivity contribution in [2.24, 2.45) is 0 Å². The van der Waals surface area contributed by atoms with Crippen LogP contribution in [0.3, 0.4) is 0 Å². The van der Waals surface area contributed by atoms with E-state index < -0.39 is 23.5 Å². The summed E-state index contributed by atoms with van der Waals surface area (Å²) in [4.78, 5) is 17.4. The van der Waals surface area contributed by atoms with Crippen LogP contribution in [0, 0.1) is 0 Å². The minimum atomic E-state index is -4.39. The predicted molar refractivity (Wildman–Crippen MR) is 169 cm³/mol. The molecule has 4 nitrogen and oxygen atoms in total. The van der Waals surface area contributed by atoms with Crippen LogP contribution in [0.2, 0.25) is 0 Å². The maximum absolute atomic E-state index is 13.0. The fourth-order valence-corrected chi connectivity index (χ4v) is 6.49. The number of halogens is 6. The molecule has 0 amide bonds. The summed E-state index contributed by atoms with van der Waals surface area (Å²) in [5.74, 6) is 0. The highest BCUT2D eigenvalue weighted by atomic mass is 32.1. The van der Waals surface area contributed by atoms with Gasteiger partial charge in [0.1, 0.15) is 0 Å². The van der Waals surface area contributed by atoms with Gasteiger partial charge in [-0.25, -0.2) is 19.9 Å². The molecule has 0 unspecified atom stereocenters. The molecule has 0 radical (unpaired) electrons. The largest absolute Gasteiger partial charge is 0.416 e. The molecule has 0 aliphatic rings. The average molecular weight is 641 g/mol. The van der Waals surface area contributed by atoms with Crippen LogP contribution in [-0.4, -0.2) is 19.9 Å². The van der Waals surface area contributed by atoms with Gasteiger partial charge in [-0.05, 0) is 71.4 Å². The van der Waals surface area contributed by atoms with Gasteiger partial charge in [0.15, 0.2) is 0 Å². The standard InChI is InChI=1S/C17H7F3N2S2.C13H9F3N2.C2H6/c18-17(19,20)8-1-2-11-12(7-8)22-14-10-4-6-24-16(10)15-9(3-5-23-15)13(14)21-11;1-3-9-10(4-2)18-12-7-8(13(14,15)16)5-6-11(12)17-9;1-2/h1-7H;3-7H,1-2H2;1-2H3. The first-order valence-corrected chi connectivity index (χ1v) is 14.9. The van der Waals surface area contributed by atoms with Gasteiger partial charge >= 0.3 is 12.4 Å².